The van der Waals surface area contributed by atoms with Crippen LogP contribution in [-0.4, -0.2) is 28.4 Å². The first kappa shape index (κ1) is 20.9. The second kappa shape index (κ2) is 10.1. The van der Waals surface area contributed by atoms with Crippen LogP contribution in [0.1, 0.15) is 28.4 Å². The zero-order valence-electron chi connectivity index (χ0n) is 16.6. The number of hydrogen-bond acceptors (Lipinski definition) is 5. The van der Waals surface area contributed by atoms with Crippen molar-refractivity contribution < 1.29 is 15.3 Å². The van der Waals surface area contributed by atoms with E-state index in [-0.39, 0.29) is 12.4 Å². The van der Waals surface area contributed by atoms with Gasteiger partial charge in [0.25, 0.3) is 0 Å². The number of aromatic hydroxyl groups is 1. The van der Waals surface area contributed by atoms with Gasteiger partial charge in [-0.25, -0.2) is 0 Å². The highest BCUT2D eigenvalue weighted by Crippen LogP contribution is 2.22. The number of nitrogens with one attached hydrogen (secondary N) is 2. The van der Waals surface area contributed by atoms with Crippen LogP contribution in [0.5, 0.6) is 5.75 Å². The minimum atomic E-state index is -0.693. The Morgan fingerprint density at radius 2 is 1.55 bits per heavy atom. The molecule has 0 aliphatic heterocycles. The molecule has 0 radical (unpaired) electrons. The molecule has 5 nitrogen and oxygen atoms in total. The maximum absolute atomic E-state index is 10.3. The summed E-state index contributed by atoms with van der Waals surface area (Å²) in [6.07, 6.45) is 0.164. The largest absolute Gasteiger partial charge is 0.508 e. The Hall–Kier alpha value is -2.86. The number of phenols is 1. The van der Waals surface area contributed by atoms with Gasteiger partial charge in [-0.3, -0.25) is 0 Å². The van der Waals surface area contributed by atoms with Gasteiger partial charge in [0, 0.05) is 23.5 Å². The van der Waals surface area contributed by atoms with Gasteiger partial charge in [-0.05, 0) is 67.4 Å². The van der Waals surface area contributed by atoms with Crippen LogP contribution in [0.3, 0.4) is 0 Å². The number of benzene rings is 3. The Labute approximate surface area is 171 Å². The van der Waals surface area contributed by atoms with E-state index in [1.165, 1.54) is 17.2 Å². The van der Waals surface area contributed by atoms with Crippen LogP contribution >= 0.6 is 0 Å². The quantitative estimate of drug-likeness (QED) is 0.358. The summed E-state index contributed by atoms with van der Waals surface area (Å²) in [6.45, 7) is 2.96. The number of aliphatic hydroxyl groups is 2. The third-order valence-electron chi connectivity index (χ3n) is 4.88. The molecule has 3 aromatic carbocycles. The molecule has 0 saturated heterocycles. The Morgan fingerprint density at radius 3 is 2.21 bits per heavy atom. The summed E-state index contributed by atoms with van der Waals surface area (Å²) in [7, 11) is 0. The van der Waals surface area contributed by atoms with Gasteiger partial charge in [-0.15, -0.1) is 0 Å². The van der Waals surface area contributed by atoms with Crippen molar-refractivity contribution in [1.82, 2.24) is 5.32 Å². The molecule has 5 N–H and O–H groups in total. The smallest absolute Gasteiger partial charge is 0.121 e. The molecule has 3 aromatic rings. The van der Waals surface area contributed by atoms with E-state index in [1.54, 1.807) is 12.1 Å². The minimum absolute atomic E-state index is 0.0386. The van der Waals surface area contributed by atoms with E-state index >= 15 is 0 Å². The highest BCUT2D eigenvalue weighted by atomic mass is 16.3. The van der Waals surface area contributed by atoms with Crippen molar-refractivity contribution in [3.05, 3.63) is 89.0 Å². The van der Waals surface area contributed by atoms with Crippen molar-refractivity contribution in [1.29, 1.82) is 0 Å². The number of rotatable bonds is 9. The first-order valence-corrected chi connectivity index (χ1v) is 9.79. The summed E-state index contributed by atoms with van der Waals surface area (Å²) >= 11 is 0. The molecule has 152 valence electrons. The van der Waals surface area contributed by atoms with Crippen molar-refractivity contribution in [3.8, 4) is 5.75 Å². The molecule has 0 aliphatic carbocycles. The average molecular weight is 392 g/mol. The first-order chi connectivity index (χ1) is 14.0. The van der Waals surface area contributed by atoms with Crippen molar-refractivity contribution in [2.75, 3.05) is 18.4 Å². The van der Waals surface area contributed by atoms with Crippen LogP contribution < -0.4 is 10.6 Å². The van der Waals surface area contributed by atoms with E-state index in [0.29, 0.717) is 17.7 Å². The third-order valence-corrected chi connectivity index (χ3v) is 4.88. The van der Waals surface area contributed by atoms with Crippen LogP contribution in [0.25, 0.3) is 0 Å². The van der Waals surface area contributed by atoms with Crippen LogP contribution in [0.4, 0.5) is 11.4 Å². The second-order valence-corrected chi connectivity index (χ2v) is 7.20. The van der Waals surface area contributed by atoms with E-state index in [9.17, 15) is 15.3 Å². The number of anilines is 2. The van der Waals surface area contributed by atoms with Crippen LogP contribution in [-0.2, 0) is 13.0 Å². The lowest BCUT2D eigenvalue weighted by molar-refractivity contribution is 0.174. The summed E-state index contributed by atoms with van der Waals surface area (Å²) in [4.78, 5) is 0. The predicted molar refractivity (Wildman–Crippen MR) is 116 cm³/mol. The standard InChI is InChI=1S/C24H28N2O3/c1-17-2-7-21(8-3-17)26-22-9-4-18(5-10-22)12-13-25-15-24(29)19-6-11-23(28)20(14-19)16-27/h2-11,14,24-29H,12-13,15-16H2,1H3/t24-/m0/s1. The van der Waals surface area contributed by atoms with Gasteiger partial charge in [-0.2, -0.15) is 0 Å². The van der Waals surface area contributed by atoms with Crippen LogP contribution in [0, 0.1) is 6.92 Å². The van der Waals surface area contributed by atoms with Crippen molar-refractivity contribution >= 4 is 11.4 Å². The van der Waals surface area contributed by atoms with E-state index in [0.717, 1.165) is 24.3 Å². The van der Waals surface area contributed by atoms with Crippen LogP contribution in [0.2, 0.25) is 0 Å². The highest BCUT2D eigenvalue weighted by Gasteiger charge is 2.10. The molecule has 0 spiro atoms. The zero-order valence-corrected chi connectivity index (χ0v) is 16.6. The number of aliphatic hydroxyl groups excluding tert-OH is 2. The van der Waals surface area contributed by atoms with Crippen molar-refractivity contribution in [2.24, 2.45) is 0 Å². The average Bonchev–Trinajstić information content (AvgIpc) is 2.74. The fourth-order valence-electron chi connectivity index (χ4n) is 3.09. The Bertz CT molecular complexity index is 908. The zero-order chi connectivity index (χ0) is 20.6. The van der Waals surface area contributed by atoms with Gasteiger partial charge in [0.15, 0.2) is 0 Å². The molecular formula is C24H28N2O3. The molecule has 0 heterocycles. The molecular weight excluding hydrogens is 364 g/mol. The lowest BCUT2D eigenvalue weighted by Gasteiger charge is -2.14. The summed E-state index contributed by atoms with van der Waals surface area (Å²) in [5.41, 5.74) is 5.66. The molecule has 0 fully saturated rings. The molecule has 3 rings (SSSR count). The van der Waals surface area contributed by atoms with Gasteiger partial charge in [0.2, 0.25) is 0 Å². The molecule has 0 amide bonds. The van der Waals surface area contributed by atoms with Gasteiger partial charge in [0.1, 0.15) is 5.75 Å². The molecule has 0 saturated carbocycles. The van der Waals surface area contributed by atoms with Crippen molar-refractivity contribution in [3.63, 3.8) is 0 Å². The van der Waals surface area contributed by atoms with Gasteiger partial charge >= 0.3 is 0 Å². The summed E-state index contributed by atoms with van der Waals surface area (Å²) in [6, 6.07) is 21.4. The van der Waals surface area contributed by atoms with Crippen molar-refractivity contribution in [2.45, 2.75) is 26.1 Å². The molecule has 0 bridgehead atoms. The van der Waals surface area contributed by atoms with E-state index in [4.69, 9.17) is 0 Å². The predicted octanol–water partition coefficient (Wildman–Crippen LogP) is 3.80. The van der Waals surface area contributed by atoms with E-state index in [1.807, 2.05) is 0 Å². The minimum Gasteiger partial charge on any atom is -0.508 e. The summed E-state index contributed by atoms with van der Waals surface area (Å²) in [5, 5.41) is 35.8. The normalized spacial score (nSPS) is 12.0. The molecule has 0 aliphatic rings. The molecule has 0 aromatic heterocycles. The fourth-order valence-corrected chi connectivity index (χ4v) is 3.09. The van der Waals surface area contributed by atoms with Gasteiger partial charge < -0.3 is 26.0 Å². The lowest BCUT2D eigenvalue weighted by Crippen LogP contribution is -2.23. The molecule has 0 unspecified atom stereocenters. The summed E-state index contributed by atoms with van der Waals surface area (Å²) in [5.74, 6) is 0.0386. The highest BCUT2D eigenvalue weighted by molar-refractivity contribution is 5.60. The maximum atomic E-state index is 10.3. The topological polar surface area (TPSA) is 84.8 Å². The molecule has 29 heavy (non-hydrogen) atoms. The van der Waals surface area contributed by atoms with Gasteiger partial charge in [0.05, 0.1) is 12.7 Å². The first-order valence-electron chi connectivity index (χ1n) is 9.79. The van der Waals surface area contributed by atoms with Crippen LogP contribution in [0.15, 0.2) is 66.7 Å². The maximum Gasteiger partial charge on any atom is 0.121 e. The monoisotopic (exact) mass is 392 g/mol. The number of aryl methyl sites for hydroxylation is 1. The molecule has 5 heteroatoms. The Balaban J connectivity index is 1.44. The SMILES string of the molecule is Cc1ccc(Nc2ccc(CCNC[C@H](O)c3ccc(O)c(CO)c3)cc2)cc1. The van der Waals surface area contributed by atoms with E-state index in [2.05, 4.69) is 66.1 Å². The Morgan fingerprint density at radius 1 is 0.897 bits per heavy atom. The Kier molecular flexibility index (Phi) is 7.25. The molecule has 1 atom stereocenters. The fraction of sp³-hybridized carbons (Fsp3) is 0.250. The third kappa shape index (κ3) is 6.06. The lowest BCUT2D eigenvalue weighted by atomic mass is 10.1. The van der Waals surface area contributed by atoms with Gasteiger partial charge in [-0.1, -0.05) is 35.9 Å². The second-order valence-electron chi connectivity index (χ2n) is 7.20. The number of hydrogen-bond donors (Lipinski definition) is 5. The van der Waals surface area contributed by atoms with E-state index < -0.39 is 6.10 Å². The summed E-state index contributed by atoms with van der Waals surface area (Å²) < 4.78 is 0.